The number of fused-ring (bicyclic) bond motifs is 1. The monoisotopic (exact) mass is 752 g/mol. The van der Waals surface area contributed by atoms with Crippen molar-refractivity contribution in [3.05, 3.63) is 47.5 Å². The molecule has 3 rings (SSSR count). The van der Waals surface area contributed by atoms with Crippen molar-refractivity contribution in [3.8, 4) is 0 Å². The first kappa shape index (κ1) is 30.6. The summed E-state index contributed by atoms with van der Waals surface area (Å²) in [5.74, 6) is -2.89. The molecule has 37 heavy (non-hydrogen) atoms. The maximum absolute atomic E-state index is 12.5. The van der Waals surface area contributed by atoms with Crippen molar-refractivity contribution < 1.29 is 38.8 Å². The Bertz CT molecular complexity index is 1260. The van der Waals surface area contributed by atoms with Crippen molar-refractivity contribution in [1.29, 1.82) is 0 Å². The Balaban J connectivity index is 0.00000112. The van der Waals surface area contributed by atoms with Crippen LogP contribution in [-0.2, 0) is 30.3 Å². The number of benzene rings is 1. The molecule has 1 unspecified atom stereocenters. The molecular weight excluding hydrogens is 730 g/mol. The summed E-state index contributed by atoms with van der Waals surface area (Å²) in [5.41, 5.74) is 8.62. The first-order valence-electron chi connectivity index (χ1n) is 10.5. The number of carboxylic acids is 2. The molecule has 0 fully saturated rings. The molecule has 1 atom stereocenters. The summed E-state index contributed by atoms with van der Waals surface area (Å²) in [5, 5.41) is 18.0. The van der Waals surface area contributed by atoms with Gasteiger partial charge in [-0.2, -0.15) is 0 Å². The number of nitrogens with zero attached hydrogens (tertiary/aromatic N) is 5. The van der Waals surface area contributed by atoms with E-state index in [4.69, 9.17) is 39.1 Å². The number of hydrogen-bond donors (Lipinski definition) is 3. The fourth-order valence-electron chi connectivity index (χ4n) is 3.34. The number of nitrogens with two attached hydrogens (primary N) is 1. The van der Waals surface area contributed by atoms with Crippen LogP contribution >= 0.6 is 28.3 Å². The second kappa shape index (κ2) is 14.4. The number of rotatable bonds is 10. The molecule has 0 saturated carbocycles. The quantitative estimate of drug-likeness (QED) is 0.254. The van der Waals surface area contributed by atoms with Gasteiger partial charge >= 0.3 is 54.4 Å². The molecule has 0 aliphatic rings. The van der Waals surface area contributed by atoms with Crippen molar-refractivity contribution in [2.24, 2.45) is 5.92 Å². The second-order valence-corrected chi connectivity index (χ2v) is 17.7. The molecule has 15 heteroatoms. The van der Waals surface area contributed by atoms with Crippen LogP contribution in [0.2, 0.25) is 0 Å². The summed E-state index contributed by atoms with van der Waals surface area (Å²) >= 11 is -1.85. The number of aromatic nitrogens is 4. The number of anilines is 2. The van der Waals surface area contributed by atoms with E-state index in [0.29, 0.717) is 34.8 Å². The summed E-state index contributed by atoms with van der Waals surface area (Å²) in [6.07, 6.45) is 0.960. The molecule has 4 N–H and O–H groups in total. The molecule has 0 amide bonds. The second-order valence-electron chi connectivity index (χ2n) is 7.82. The Kier molecular flexibility index (Phi) is 11.9. The predicted octanol–water partition coefficient (Wildman–Crippen LogP) is 4.15. The molecule has 0 aliphatic carbocycles. The number of ketones is 1. The van der Waals surface area contributed by atoms with Gasteiger partial charge in [-0.15, -0.1) is 0 Å². The molecule has 1 aromatic carbocycles. The van der Waals surface area contributed by atoms with Gasteiger partial charge in [-0.05, 0) is 37.6 Å². The minimum atomic E-state index is -1.85. The molecule has 0 bridgehead atoms. The third-order valence-corrected chi connectivity index (χ3v) is 5.11. The number of hydrogen-bond acceptors (Lipinski definition) is 9. The number of carbonyl (C=O) groups is 3. The normalized spacial score (nSPS) is 11.8. The molecule has 3 aromatic rings. The number of halogens is 3. The van der Waals surface area contributed by atoms with Crippen molar-refractivity contribution >= 4 is 68.6 Å². The molecule has 0 spiro atoms. The summed E-state index contributed by atoms with van der Waals surface area (Å²) in [4.78, 5) is 53.6. The van der Waals surface area contributed by atoms with Gasteiger partial charge in [0.1, 0.15) is 5.82 Å². The number of aryl methyl sites for hydroxylation is 1. The van der Waals surface area contributed by atoms with Crippen molar-refractivity contribution in [2.75, 3.05) is 17.7 Å². The SMILES string of the molecule is Cc1nc(N)c2nc(CN(C)c3ccc(C(=O)CC(CCC(=O)O)C(=O)O)cc3)cnc2n1.[Cl][Pt]([Cl])[Cl]. The number of nitrogen functional groups attached to an aromatic ring is 1. The van der Waals surface area contributed by atoms with Gasteiger partial charge in [-0.3, -0.25) is 14.4 Å². The standard InChI is InChI=1S/C22H24N6O5.3ClH.Pt/c1-12-25-20(23)19-21(26-12)24-10-15(27-19)11-28(2)16-6-3-13(4-7-16)17(29)9-14(22(32)33)5-8-18(30)31;;;;/h3-4,6-7,10,14H,5,8-9,11H2,1-2H3,(H,30,31)(H,32,33)(H2,23,24,25,26);3*1H;/q;;;;+3/p-3. The Hall–Kier alpha value is -2.59. The minimum absolute atomic E-state index is 0.0981. The first-order valence-corrected chi connectivity index (χ1v) is 19.0. The van der Waals surface area contributed by atoms with Crippen LogP contribution in [0.1, 0.15) is 41.1 Å². The first-order chi connectivity index (χ1) is 17.4. The van der Waals surface area contributed by atoms with Gasteiger partial charge in [-0.25, -0.2) is 19.9 Å². The van der Waals surface area contributed by atoms with E-state index in [0.717, 1.165) is 5.69 Å². The van der Waals surface area contributed by atoms with Gasteiger partial charge in [0.2, 0.25) is 0 Å². The van der Waals surface area contributed by atoms with E-state index in [1.54, 1.807) is 37.4 Å². The van der Waals surface area contributed by atoms with Crippen molar-refractivity contribution in [3.63, 3.8) is 0 Å². The molecule has 2 aromatic heterocycles. The van der Waals surface area contributed by atoms with Gasteiger partial charge in [0.25, 0.3) is 0 Å². The van der Waals surface area contributed by atoms with E-state index in [1.165, 1.54) is 0 Å². The molecule has 2 heterocycles. The van der Waals surface area contributed by atoms with Crippen LogP contribution in [0, 0.1) is 12.8 Å². The fourth-order valence-corrected chi connectivity index (χ4v) is 3.34. The van der Waals surface area contributed by atoms with Gasteiger partial charge in [0, 0.05) is 31.1 Å². The Morgan fingerprint density at radius 3 is 2.27 bits per heavy atom. The maximum atomic E-state index is 12.5. The van der Waals surface area contributed by atoms with Crippen LogP contribution in [0.3, 0.4) is 0 Å². The number of carboxylic acid groups (broad SMARTS) is 2. The summed E-state index contributed by atoms with van der Waals surface area (Å²) < 4.78 is 0. The molecule has 0 saturated heterocycles. The Morgan fingerprint density at radius 2 is 1.70 bits per heavy atom. The topological polar surface area (TPSA) is 172 Å². The number of aliphatic carboxylic acids is 2. The molecule has 203 valence electrons. The third-order valence-electron chi connectivity index (χ3n) is 5.11. The molecular formula is C22H24Cl3N6O5Pt. The van der Waals surface area contributed by atoms with E-state index in [-0.39, 0.29) is 30.9 Å². The summed E-state index contributed by atoms with van der Waals surface area (Å²) in [7, 11) is 16.7. The van der Waals surface area contributed by atoms with Gasteiger partial charge in [0.15, 0.2) is 22.8 Å². The van der Waals surface area contributed by atoms with Gasteiger partial charge in [0.05, 0.1) is 24.4 Å². The van der Waals surface area contributed by atoms with Crippen molar-refractivity contribution in [1.82, 2.24) is 19.9 Å². The fraction of sp³-hybridized carbons (Fsp3) is 0.318. The summed E-state index contributed by atoms with van der Waals surface area (Å²) in [6, 6.07) is 6.72. The Morgan fingerprint density at radius 1 is 1.08 bits per heavy atom. The van der Waals surface area contributed by atoms with Crippen LogP contribution in [0.15, 0.2) is 30.5 Å². The Labute approximate surface area is 230 Å². The summed E-state index contributed by atoms with van der Waals surface area (Å²) in [6.45, 7) is 2.14. The molecule has 11 nitrogen and oxygen atoms in total. The van der Waals surface area contributed by atoms with Crippen LogP contribution in [0.25, 0.3) is 11.2 Å². The predicted molar refractivity (Wildman–Crippen MR) is 137 cm³/mol. The zero-order valence-corrected chi connectivity index (χ0v) is 24.2. The average Bonchev–Trinajstić information content (AvgIpc) is 2.81. The number of carbonyl (C=O) groups excluding carboxylic acids is 1. The molecule has 0 aliphatic heterocycles. The van der Waals surface area contributed by atoms with E-state index in [9.17, 15) is 19.5 Å². The average molecular weight is 754 g/mol. The third kappa shape index (κ3) is 10.00. The van der Waals surface area contributed by atoms with Gasteiger partial charge < -0.3 is 20.8 Å². The van der Waals surface area contributed by atoms with Crippen LogP contribution in [0.4, 0.5) is 11.5 Å². The molecule has 0 radical (unpaired) electrons. The zero-order chi connectivity index (χ0) is 27.7. The van der Waals surface area contributed by atoms with Crippen LogP contribution < -0.4 is 10.6 Å². The van der Waals surface area contributed by atoms with Crippen LogP contribution in [0.5, 0.6) is 0 Å². The van der Waals surface area contributed by atoms with E-state index in [1.807, 2.05) is 11.9 Å². The number of Topliss-reactive ketones (excluding diaryl/α,β-unsaturated/α-hetero) is 1. The zero-order valence-electron chi connectivity index (χ0n) is 19.7. The van der Waals surface area contributed by atoms with E-state index in [2.05, 4.69) is 19.9 Å². The van der Waals surface area contributed by atoms with E-state index < -0.39 is 32.0 Å². The van der Waals surface area contributed by atoms with Crippen LogP contribution in [-0.4, -0.2) is 54.9 Å². The van der Waals surface area contributed by atoms with Gasteiger partial charge in [-0.1, -0.05) is 0 Å². The van der Waals surface area contributed by atoms with Crippen molar-refractivity contribution in [2.45, 2.75) is 32.7 Å². The van der Waals surface area contributed by atoms with E-state index >= 15 is 0 Å².